The zero-order chi connectivity index (χ0) is 15.9. The Morgan fingerprint density at radius 3 is 2.32 bits per heavy atom. The van der Waals surface area contributed by atoms with Crippen molar-refractivity contribution in [3.63, 3.8) is 0 Å². The van der Waals surface area contributed by atoms with Crippen LogP contribution in [0.1, 0.15) is 10.4 Å². The van der Waals surface area contributed by atoms with E-state index in [9.17, 15) is 4.79 Å². The van der Waals surface area contributed by atoms with Crippen LogP contribution in [-0.2, 0) is 0 Å². The minimum absolute atomic E-state index is 0.173. The van der Waals surface area contributed by atoms with E-state index in [4.69, 9.17) is 32.7 Å². The van der Waals surface area contributed by atoms with Crippen LogP contribution in [0.25, 0.3) is 0 Å². The van der Waals surface area contributed by atoms with Crippen LogP contribution < -0.4 is 14.8 Å². The lowest BCUT2D eigenvalue weighted by atomic mass is 10.2. The highest BCUT2D eigenvalue weighted by molar-refractivity contribution is 6.33. The number of aromatic nitrogens is 1. The molecule has 1 N–H and O–H groups in total. The monoisotopic (exact) mass is 340 g/mol. The van der Waals surface area contributed by atoms with Crippen LogP contribution in [0.4, 0.5) is 0 Å². The highest BCUT2D eigenvalue weighted by Gasteiger charge is 2.08. The average molecular weight is 341 g/mol. The van der Waals surface area contributed by atoms with E-state index in [0.717, 1.165) is 5.75 Å². The molecule has 0 spiro atoms. The van der Waals surface area contributed by atoms with Crippen LogP contribution in [-0.4, -0.2) is 31.2 Å². The lowest BCUT2D eigenvalue weighted by Gasteiger charge is -2.08. The van der Waals surface area contributed by atoms with Crippen LogP contribution >= 0.6 is 23.2 Å². The largest absolute Gasteiger partial charge is 0.497 e. The van der Waals surface area contributed by atoms with E-state index in [1.54, 1.807) is 31.4 Å². The molecule has 1 aromatic heterocycles. The van der Waals surface area contributed by atoms with E-state index in [1.807, 2.05) is 0 Å². The summed E-state index contributed by atoms with van der Waals surface area (Å²) < 4.78 is 10.6. The molecule has 0 bridgehead atoms. The summed E-state index contributed by atoms with van der Waals surface area (Å²) in [5.74, 6) is 1.17. The number of carbonyl (C=O) groups excluding carboxylic acids is 1. The summed E-state index contributed by atoms with van der Waals surface area (Å²) in [6.07, 6.45) is 0. The van der Waals surface area contributed by atoms with Gasteiger partial charge in [-0.1, -0.05) is 23.2 Å². The molecule has 0 atom stereocenters. The summed E-state index contributed by atoms with van der Waals surface area (Å²) in [7, 11) is 1.60. The van der Waals surface area contributed by atoms with Crippen molar-refractivity contribution in [3.8, 4) is 11.5 Å². The van der Waals surface area contributed by atoms with Gasteiger partial charge in [-0.25, -0.2) is 4.98 Å². The van der Waals surface area contributed by atoms with Crippen LogP contribution in [0.3, 0.4) is 0 Å². The lowest BCUT2D eigenvalue weighted by molar-refractivity contribution is 0.0947. The van der Waals surface area contributed by atoms with Gasteiger partial charge in [-0.15, -0.1) is 0 Å². The number of nitrogens with one attached hydrogen (secondary N) is 1. The molecule has 116 valence electrons. The lowest BCUT2D eigenvalue weighted by Crippen LogP contribution is -2.28. The number of hydrogen-bond donors (Lipinski definition) is 1. The van der Waals surface area contributed by atoms with Gasteiger partial charge in [-0.05, 0) is 36.4 Å². The van der Waals surface area contributed by atoms with Crippen molar-refractivity contribution < 1.29 is 14.3 Å². The molecule has 0 aliphatic carbocycles. The highest BCUT2D eigenvalue weighted by Crippen LogP contribution is 2.17. The molecule has 0 radical (unpaired) electrons. The number of rotatable bonds is 6. The average Bonchev–Trinajstić information content (AvgIpc) is 2.51. The smallest absolute Gasteiger partial charge is 0.251 e. The predicted molar refractivity (Wildman–Crippen MR) is 85.1 cm³/mol. The maximum absolute atomic E-state index is 11.9. The summed E-state index contributed by atoms with van der Waals surface area (Å²) in [5, 5.41) is 3.06. The topological polar surface area (TPSA) is 60.5 Å². The standard InChI is InChI=1S/C15H14Cl2N2O3/c1-21-11-2-4-12(5-3-11)22-7-6-18-15(20)10-8-13(16)19-14(17)9-10/h2-5,8-9H,6-7H2,1H3,(H,18,20). The van der Waals surface area contributed by atoms with Gasteiger partial charge in [-0.2, -0.15) is 0 Å². The molecule has 0 unspecified atom stereocenters. The fraction of sp³-hybridized carbons (Fsp3) is 0.200. The number of methoxy groups -OCH3 is 1. The van der Waals surface area contributed by atoms with Crippen molar-refractivity contribution in [2.45, 2.75) is 0 Å². The molecule has 0 saturated heterocycles. The molecule has 0 saturated carbocycles. The van der Waals surface area contributed by atoms with Crippen molar-refractivity contribution in [1.29, 1.82) is 0 Å². The highest BCUT2D eigenvalue weighted by atomic mass is 35.5. The van der Waals surface area contributed by atoms with Crippen molar-refractivity contribution in [1.82, 2.24) is 10.3 Å². The molecule has 22 heavy (non-hydrogen) atoms. The van der Waals surface area contributed by atoms with E-state index < -0.39 is 0 Å². The Kier molecular flexibility index (Phi) is 5.86. The molecule has 0 aliphatic rings. The van der Waals surface area contributed by atoms with Crippen molar-refractivity contribution >= 4 is 29.1 Å². The van der Waals surface area contributed by atoms with Gasteiger partial charge in [0.15, 0.2) is 0 Å². The number of hydrogen-bond acceptors (Lipinski definition) is 4. The van der Waals surface area contributed by atoms with E-state index in [1.165, 1.54) is 12.1 Å². The van der Waals surface area contributed by atoms with Gasteiger partial charge in [-0.3, -0.25) is 4.79 Å². The maximum Gasteiger partial charge on any atom is 0.251 e. The van der Waals surface area contributed by atoms with Gasteiger partial charge in [0.25, 0.3) is 5.91 Å². The summed E-state index contributed by atoms with van der Waals surface area (Å²) in [5.41, 5.74) is 0.356. The third-order valence-electron chi connectivity index (χ3n) is 2.74. The Bertz CT molecular complexity index is 627. The predicted octanol–water partition coefficient (Wildman–Crippen LogP) is 3.21. The number of halogens is 2. The van der Waals surface area contributed by atoms with E-state index in [-0.39, 0.29) is 16.2 Å². The molecule has 5 nitrogen and oxygen atoms in total. The molecule has 1 heterocycles. The maximum atomic E-state index is 11.9. The number of benzene rings is 1. The van der Waals surface area contributed by atoms with Crippen LogP contribution in [0.5, 0.6) is 11.5 Å². The molecule has 7 heteroatoms. The number of ether oxygens (including phenoxy) is 2. The first-order valence-electron chi connectivity index (χ1n) is 6.46. The Morgan fingerprint density at radius 2 is 1.73 bits per heavy atom. The minimum atomic E-state index is -0.287. The fourth-order valence-electron chi connectivity index (χ4n) is 1.70. The molecule has 1 amide bonds. The normalized spacial score (nSPS) is 10.1. The van der Waals surface area contributed by atoms with Gasteiger partial charge in [0.2, 0.25) is 0 Å². The Morgan fingerprint density at radius 1 is 1.14 bits per heavy atom. The second-order valence-electron chi connectivity index (χ2n) is 4.28. The molecule has 2 rings (SSSR count). The van der Waals surface area contributed by atoms with E-state index >= 15 is 0 Å². The summed E-state index contributed by atoms with van der Waals surface area (Å²) in [6.45, 7) is 0.688. The van der Waals surface area contributed by atoms with E-state index in [2.05, 4.69) is 10.3 Å². The fourth-order valence-corrected chi connectivity index (χ4v) is 2.16. The zero-order valence-electron chi connectivity index (χ0n) is 11.8. The first kappa shape index (κ1) is 16.4. The van der Waals surface area contributed by atoms with Crippen molar-refractivity contribution in [2.75, 3.05) is 20.3 Å². The molecule has 0 aliphatic heterocycles. The molecular weight excluding hydrogens is 327 g/mol. The SMILES string of the molecule is COc1ccc(OCCNC(=O)c2cc(Cl)nc(Cl)c2)cc1. The summed E-state index contributed by atoms with van der Waals surface area (Å²) in [6, 6.07) is 10.1. The quantitative estimate of drug-likeness (QED) is 0.647. The van der Waals surface area contributed by atoms with Crippen LogP contribution in [0.2, 0.25) is 10.3 Å². The summed E-state index contributed by atoms with van der Waals surface area (Å²) >= 11 is 11.5. The van der Waals surface area contributed by atoms with Gasteiger partial charge < -0.3 is 14.8 Å². The Labute approximate surface area is 138 Å². The molecular formula is C15H14Cl2N2O3. The van der Waals surface area contributed by atoms with Crippen molar-refractivity contribution in [2.24, 2.45) is 0 Å². The molecule has 0 fully saturated rings. The third-order valence-corrected chi connectivity index (χ3v) is 3.13. The summed E-state index contributed by atoms with van der Waals surface area (Å²) in [4.78, 5) is 15.7. The van der Waals surface area contributed by atoms with Gasteiger partial charge in [0.1, 0.15) is 28.4 Å². The second-order valence-corrected chi connectivity index (χ2v) is 5.06. The minimum Gasteiger partial charge on any atom is -0.497 e. The Hall–Kier alpha value is -1.98. The number of nitrogens with zero attached hydrogens (tertiary/aromatic N) is 1. The van der Waals surface area contributed by atoms with E-state index in [0.29, 0.717) is 24.5 Å². The molecule has 2 aromatic rings. The first-order valence-corrected chi connectivity index (χ1v) is 7.22. The second kappa shape index (κ2) is 7.87. The van der Waals surface area contributed by atoms with Crippen molar-refractivity contribution in [3.05, 3.63) is 52.3 Å². The first-order chi connectivity index (χ1) is 10.6. The number of pyridine rings is 1. The van der Waals surface area contributed by atoms with Crippen LogP contribution in [0, 0.1) is 0 Å². The molecule has 1 aromatic carbocycles. The van der Waals surface area contributed by atoms with Gasteiger partial charge in [0.05, 0.1) is 13.7 Å². The number of carbonyl (C=O) groups is 1. The zero-order valence-corrected chi connectivity index (χ0v) is 13.3. The number of amides is 1. The van der Waals surface area contributed by atoms with Crippen LogP contribution in [0.15, 0.2) is 36.4 Å². The Balaban J connectivity index is 1.79. The third kappa shape index (κ3) is 4.79. The van der Waals surface area contributed by atoms with Gasteiger partial charge in [0, 0.05) is 5.56 Å². The van der Waals surface area contributed by atoms with Gasteiger partial charge >= 0.3 is 0 Å².